The molecule has 0 aliphatic carbocycles. The molecule has 0 saturated carbocycles. The molecular formula is C24H22F3N5O3. The zero-order chi connectivity index (χ0) is 25.0. The minimum atomic E-state index is -4.47. The fraction of sp³-hybridized carbons (Fsp3) is 0.250. The fourth-order valence-electron chi connectivity index (χ4n) is 3.62. The second-order valence-electron chi connectivity index (χ2n) is 7.67. The lowest BCUT2D eigenvalue weighted by atomic mass is 10.1. The van der Waals surface area contributed by atoms with E-state index in [2.05, 4.69) is 15.4 Å². The molecule has 0 unspecified atom stereocenters. The lowest BCUT2D eigenvalue weighted by molar-refractivity contribution is -0.137. The monoisotopic (exact) mass is 485 g/mol. The van der Waals surface area contributed by atoms with Gasteiger partial charge in [-0.25, -0.2) is 9.67 Å². The van der Waals surface area contributed by atoms with Crippen molar-refractivity contribution in [1.29, 1.82) is 0 Å². The molecule has 35 heavy (non-hydrogen) atoms. The zero-order valence-electron chi connectivity index (χ0n) is 18.7. The first-order chi connectivity index (χ1) is 16.8. The number of alkyl halides is 3. The summed E-state index contributed by atoms with van der Waals surface area (Å²) in [6, 6.07) is 11.7. The summed E-state index contributed by atoms with van der Waals surface area (Å²) >= 11 is 0. The highest BCUT2D eigenvalue weighted by molar-refractivity contribution is 5.96. The number of carbonyl (C=O) groups is 1. The average Bonchev–Trinajstić information content (AvgIpc) is 3.25. The molecule has 0 aliphatic heterocycles. The van der Waals surface area contributed by atoms with Gasteiger partial charge >= 0.3 is 6.18 Å². The van der Waals surface area contributed by atoms with Crippen LogP contribution in [0.4, 0.5) is 13.2 Å². The molecule has 0 atom stereocenters. The van der Waals surface area contributed by atoms with Gasteiger partial charge in [0.1, 0.15) is 17.5 Å². The Hall–Kier alpha value is -4.15. The van der Waals surface area contributed by atoms with Crippen LogP contribution in [0, 0.1) is 0 Å². The topological polar surface area (TPSA) is 91.0 Å². The summed E-state index contributed by atoms with van der Waals surface area (Å²) in [5.41, 5.74) is -0.149. The lowest BCUT2D eigenvalue weighted by Gasteiger charge is -2.11. The van der Waals surface area contributed by atoms with E-state index in [0.29, 0.717) is 29.1 Å². The average molecular weight is 485 g/mol. The van der Waals surface area contributed by atoms with E-state index in [9.17, 15) is 22.8 Å². The van der Waals surface area contributed by atoms with Crippen molar-refractivity contribution >= 4 is 16.9 Å². The molecule has 0 saturated heterocycles. The summed E-state index contributed by atoms with van der Waals surface area (Å²) in [6.45, 7) is 2.69. The Bertz CT molecular complexity index is 1410. The van der Waals surface area contributed by atoms with Gasteiger partial charge in [-0.1, -0.05) is 24.3 Å². The van der Waals surface area contributed by atoms with Gasteiger partial charge in [-0.2, -0.15) is 18.3 Å². The van der Waals surface area contributed by atoms with Crippen molar-refractivity contribution in [3.05, 3.63) is 88.1 Å². The molecule has 0 fully saturated rings. The molecule has 2 heterocycles. The fourth-order valence-corrected chi connectivity index (χ4v) is 3.62. The normalized spacial score (nSPS) is 11.5. The molecule has 0 radical (unpaired) electrons. The van der Waals surface area contributed by atoms with E-state index in [1.54, 1.807) is 24.3 Å². The van der Waals surface area contributed by atoms with Crippen LogP contribution in [0.3, 0.4) is 0 Å². The maximum Gasteiger partial charge on any atom is 0.416 e. The molecule has 0 spiro atoms. The molecule has 2 aromatic carbocycles. The van der Waals surface area contributed by atoms with E-state index in [-0.39, 0.29) is 30.9 Å². The third-order valence-electron chi connectivity index (χ3n) is 5.27. The molecule has 0 bridgehead atoms. The number of hydrogen-bond donors (Lipinski definition) is 1. The van der Waals surface area contributed by atoms with Gasteiger partial charge in [-0.15, -0.1) is 0 Å². The number of benzene rings is 2. The van der Waals surface area contributed by atoms with Gasteiger partial charge in [0.2, 0.25) is 0 Å². The summed E-state index contributed by atoms with van der Waals surface area (Å²) < 4.78 is 47.1. The largest absolute Gasteiger partial charge is 0.493 e. The Labute approximate surface area is 198 Å². The minimum absolute atomic E-state index is 0.0633. The quantitative estimate of drug-likeness (QED) is 0.413. The Kier molecular flexibility index (Phi) is 6.85. The van der Waals surface area contributed by atoms with E-state index in [1.165, 1.54) is 33.9 Å². The molecule has 182 valence electrons. The van der Waals surface area contributed by atoms with Gasteiger partial charge in [0.05, 0.1) is 37.0 Å². The first-order valence-corrected chi connectivity index (χ1v) is 10.8. The van der Waals surface area contributed by atoms with Gasteiger partial charge in [0.15, 0.2) is 5.65 Å². The molecule has 1 N–H and O–H groups in total. The Morgan fingerprint density at radius 2 is 1.94 bits per heavy atom. The highest BCUT2D eigenvalue weighted by Crippen LogP contribution is 2.29. The van der Waals surface area contributed by atoms with Gasteiger partial charge in [-0.05, 0) is 36.8 Å². The van der Waals surface area contributed by atoms with Crippen LogP contribution in [0.15, 0.2) is 65.8 Å². The number of fused-ring (bicyclic) bond motifs is 1. The first-order valence-electron chi connectivity index (χ1n) is 10.8. The van der Waals surface area contributed by atoms with Crippen molar-refractivity contribution in [2.24, 2.45) is 0 Å². The van der Waals surface area contributed by atoms with Crippen LogP contribution in [0.2, 0.25) is 0 Å². The van der Waals surface area contributed by atoms with E-state index < -0.39 is 17.3 Å². The van der Waals surface area contributed by atoms with Crippen LogP contribution in [-0.2, 0) is 19.3 Å². The summed E-state index contributed by atoms with van der Waals surface area (Å²) in [4.78, 5) is 29.7. The van der Waals surface area contributed by atoms with Crippen LogP contribution in [0.5, 0.6) is 5.75 Å². The predicted octanol–water partition coefficient (Wildman–Crippen LogP) is 3.49. The van der Waals surface area contributed by atoms with Crippen LogP contribution < -0.4 is 15.6 Å². The van der Waals surface area contributed by atoms with E-state index in [4.69, 9.17) is 4.74 Å². The Morgan fingerprint density at radius 1 is 1.14 bits per heavy atom. The third-order valence-corrected chi connectivity index (χ3v) is 5.27. The number of halogens is 3. The predicted molar refractivity (Wildman–Crippen MR) is 122 cm³/mol. The summed E-state index contributed by atoms with van der Waals surface area (Å²) in [6.07, 6.45) is -1.83. The highest BCUT2D eigenvalue weighted by Gasteiger charge is 2.30. The Morgan fingerprint density at radius 3 is 2.71 bits per heavy atom. The number of rotatable bonds is 8. The van der Waals surface area contributed by atoms with Crippen LogP contribution in [0.1, 0.15) is 28.4 Å². The molecule has 2 aromatic heterocycles. The van der Waals surface area contributed by atoms with Gasteiger partial charge in [-0.3, -0.25) is 14.2 Å². The third kappa shape index (κ3) is 5.34. The number of amides is 1. The van der Waals surface area contributed by atoms with Crippen molar-refractivity contribution < 1.29 is 22.7 Å². The summed E-state index contributed by atoms with van der Waals surface area (Å²) in [7, 11) is 0. The lowest BCUT2D eigenvalue weighted by Crippen LogP contribution is -2.28. The smallest absolute Gasteiger partial charge is 0.416 e. The standard InChI is InChI=1S/C24H22F3N5O3/c1-2-35-20-9-4-3-8-18(20)22(33)28-10-11-32-21-19(13-30-32)23(34)31(15-29-21)14-16-6-5-7-17(12-16)24(25,26)27/h3-9,12-13,15H,2,10-11,14H2,1H3,(H,28,33). The van der Waals surface area contributed by atoms with Crippen molar-refractivity contribution in [3.8, 4) is 5.75 Å². The van der Waals surface area contributed by atoms with Crippen molar-refractivity contribution in [3.63, 3.8) is 0 Å². The van der Waals surface area contributed by atoms with Crippen LogP contribution in [-0.4, -0.2) is 38.4 Å². The second-order valence-corrected chi connectivity index (χ2v) is 7.67. The van der Waals surface area contributed by atoms with E-state index >= 15 is 0 Å². The minimum Gasteiger partial charge on any atom is -0.493 e. The molecule has 4 aromatic rings. The van der Waals surface area contributed by atoms with Crippen molar-refractivity contribution in [2.45, 2.75) is 26.2 Å². The SMILES string of the molecule is CCOc1ccccc1C(=O)NCCn1ncc2c(=O)n(Cc3cccc(C(F)(F)F)c3)cnc21. The maximum absolute atomic E-state index is 13.0. The molecule has 0 aliphatic rings. The number of ether oxygens (including phenoxy) is 1. The zero-order valence-corrected chi connectivity index (χ0v) is 18.7. The van der Waals surface area contributed by atoms with Crippen molar-refractivity contribution in [1.82, 2.24) is 24.6 Å². The number of carbonyl (C=O) groups excluding carboxylic acids is 1. The number of para-hydroxylation sites is 1. The maximum atomic E-state index is 13.0. The highest BCUT2D eigenvalue weighted by atomic mass is 19.4. The molecular weight excluding hydrogens is 463 g/mol. The van der Waals surface area contributed by atoms with Gasteiger partial charge in [0.25, 0.3) is 11.5 Å². The summed E-state index contributed by atoms with van der Waals surface area (Å²) in [5, 5.41) is 7.21. The molecule has 11 heteroatoms. The van der Waals surface area contributed by atoms with Crippen LogP contribution >= 0.6 is 0 Å². The number of aromatic nitrogens is 4. The van der Waals surface area contributed by atoms with Gasteiger partial charge < -0.3 is 10.1 Å². The number of nitrogens with one attached hydrogen (secondary N) is 1. The molecule has 8 nitrogen and oxygen atoms in total. The number of hydrogen-bond acceptors (Lipinski definition) is 5. The molecule has 1 amide bonds. The number of nitrogens with zero attached hydrogens (tertiary/aromatic N) is 4. The van der Waals surface area contributed by atoms with Crippen LogP contribution in [0.25, 0.3) is 11.0 Å². The molecule has 4 rings (SSSR count). The summed E-state index contributed by atoms with van der Waals surface area (Å²) in [5.74, 6) is 0.182. The second kappa shape index (κ2) is 10.00. The van der Waals surface area contributed by atoms with E-state index in [0.717, 1.165) is 12.1 Å². The van der Waals surface area contributed by atoms with E-state index in [1.807, 2.05) is 6.92 Å². The Balaban J connectivity index is 1.46. The first kappa shape index (κ1) is 24.0. The van der Waals surface area contributed by atoms with Crippen molar-refractivity contribution in [2.75, 3.05) is 13.2 Å². The van der Waals surface area contributed by atoms with Gasteiger partial charge in [0, 0.05) is 6.54 Å².